The van der Waals surface area contributed by atoms with Crippen LogP contribution in [-0.4, -0.2) is 12.0 Å². The van der Waals surface area contributed by atoms with Crippen molar-refractivity contribution in [3.05, 3.63) is 64.7 Å². The fraction of sp³-hybridized carbons (Fsp3) is 0.200. The molecule has 0 saturated carbocycles. The Morgan fingerprint density at radius 3 is 1.84 bits per heavy atom. The number of nitro benzene ring substituents is 1. The fourth-order valence-corrected chi connectivity index (χ4v) is 1.60. The molecule has 0 aromatic heterocycles. The molecule has 0 bridgehead atoms. The van der Waals surface area contributed by atoms with E-state index in [2.05, 4.69) is 0 Å². The van der Waals surface area contributed by atoms with Crippen molar-refractivity contribution >= 4 is 17.1 Å². The van der Waals surface area contributed by atoms with Crippen LogP contribution < -0.4 is 4.90 Å². The average molecular weight is 258 g/mol. The van der Waals surface area contributed by atoms with Gasteiger partial charge in [0, 0.05) is 30.6 Å². The highest BCUT2D eigenvalue weighted by atomic mass is 16.6. The standard InChI is InChI=1S/C13H12N2O2.C2H6/c1-14(11-5-3-2-4-6-11)12-7-9-13(10-8-12)15(16)17;1-2/h2-10H,1H3;1-2H3. The summed E-state index contributed by atoms with van der Waals surface area (Å²) in [6.45, 7) is 4.00. The number of nitro groups is 1. The van der Waals surface area contributed by atoms with Gasteiger partial charge >= 0.3 is 0 Å². The average Bonchev–Trinajstić information content (AvgIpc) is 2.49. The zero-order chi connectivity index (χ0) is 14.3. The number of nitrogens with zero attached hydrogens (tertiary/aromatic N) is 2. The number of benzene rings is 2. The van der Waals surface area contributed by atoms with E-state index in [4.69, 9.17) is 0 Å². The summed E-state index contributed by atoms with van der Waals surface area (Å²) < 4.78 is 0. The Morgan fingerprint density at radius 1 is 0.895 bits per heavy atom. The van der Waals surface area contributed by atoms with E-state index >= 15 is 0 Å². The predicted molar refractivity (Wildman–Crippen MR) is 78.9 cm³/mol. The smallest absolute Gasteiger partial charge is 0.269 e. The van der Waals surface area contributed by atoms with Gasteiger partial charge < -0.3 is 4.90 Å². The Kier molecular flexibility index (Phi) is 5.54. The molecule has 4 heteroatoms. The number of rotatable bonds is 3. The van der Waals surface area contributed by atoms with Gasteiger partial charge in [0.05, 0.1) is 4.92 Å². The second kappa shape index (κ2) is 7.16. The van der Waals surface area contributed by atoms with E-state index in [-0.39, 0.29) is 5.69 Å². The van der Waals surface area contributed by atoms with Crippen LogP contribution in [0.25, 0.3) is 0 Å². The molecule has 0 aliphatic carbocycles. The molecule has 0 saturated heterocycles. The summed E-state index contributed by atoms with van der Waals surface area (Å²) in [6, 6.07) is 16.3. The molecule has 2 rings (SSSR count). The Morgan fingerprint density at radius 2 is 1.37 bits per heavy atom. The van der Waals surface area contributed by atoms with E-state index in [1.54, 1.807) is 12.1 Å². The van der Waals surface area contributed by atoms with Crippen molar-refractivity contribution in [3.63, 3.8) is 0 Å². The van der Waals surface area contributed by atoms with Crippen molar-refractivity contribution in [2.75, 3.05) is 11.9 Å². The first kappa shape index (κ1) is 14.7. The molecule has 0 atom stereocenters. The first-order valence-corrected chi connectivity index (χ1v) is 6.22. The first-order valence-electron chi connectivity index (χ1n) is 6.22. The maximum absolute atomic E-state index is 10.5. The van der Waals surface area contributed by atoms with Gasteiger partial charge in [-0.25, -0.2) is 0 Å². The van der Waals surface area contributed by atoms with Crippen molar-refractivity contribution in [1.29, 1.82) is 0 Å². The molecule has 0 heterocycles. The Bertz CT molecular complexity index is 509. The zero-order valence-corrected chi connectivity index (χ0v) is 11.4. The number of non-ortho nitro benzene ring substituents is 1. The summed E-state index contributed by atoms with van der Waals surface area (Å²) in [7, 11) is 1.93. The highest BCUT2D eigenvalue weighted by Crippen LogP contribution is 2.24. The van der Waals surface area contributed by atoms with Gasteiger partial charge in [-0.3, -0.25) is 10.1 Å². The van der Waals surface area contributed by atoms with Crippen LogP contribution in [-0.2, 0) is 0 Å². The van der Waals surface area contributed by atoms with E-state index in [1.807, 2.05) is 56.1 Å². The number of hydrogen-bond acceptors (Lipinski definition) is 3. The van der Waals surface area contributed by atoms with E-state index in [1.165, 1.54) is 12.1 Å². The molecule has 0 N–H and O–H groups in total. The molecule has 0 amide bonds. The van der Waals surface area contributed by atoms with E-state index in [0.29, 0.717) is 0 Å². The lowest BCUT2D eigenvalue weighted by Gasteiger charge is -2.18. The van der Waals surface area contributed by atoms with Gasteiger partial charge in [0.15, 0.2) is 0 Å². The lowest BCUT2D eigenvalue weighted by molar-refractivity contribution is -0.384. The van der Waals surface area contributed by atoms with Crippen molar-refractivity contribution in [3.8, 4) is 0 Å². The molecule has 100 valence electrons. The summed E-state index contributed by atoms with van der Waals surface area (Å²) in [6.07, 6.45) is 0. The minimum atomic E-state index is -0.397. The monoisotopic (exact) mass is 258 g/mol. The third kappa shape index (κ3) is 3.81. The molecule has 0 aliphatic rings. The predicted octanol–water partition coefficient (Wildman–Crippen LogP) is 4.39. The van der Waals surface area contributed by atoms with Crippen LogP contribution in [0.15, 0.2) is 54.6 Å². The molecular formula is C15H18N2O2. The van der Waals surface area contributed by atoms with Crippen LogP contribution in [0.2, 0.25) is 0 Å². The maximum Gasteiger partial charge on any atom is 0.269 e. The minimum absolute atomic E-state index is 0.107. The Hall–Kier alpha value is -2.36. The quantitative estimate of drug-likeness (QED) is 0.606. The van der Waals surface area contributed by atoms with Gasteiger partial charge in [-0.2, -0.15) is 0 Å². The number of para-hydroxylation sites is 1. The van der Waals surface area contributed by atoms with Crippen molar-refractivity contribution < 1.29 is 4.92 Å². The zero-order valence-electron chi connectivity index (χ0n) is 11.4. The number of anilines is 2. The van der Waals surface area contributed by atoms with Gasteiger partial charge in [0.25, 0.3) is 5.69 Å². The number of hydrogen-bond donors (Lipinski definition) is 0. The summed E-state index contributed by atoms with van der Waals surface area (Å²) in [4.78, 5) is 12.1. The van der Waals surface area contributed by atoms with Crippen molar-refractivity contribution in [2.45, 2.75) is 13.8 Å². The fourth-order valence-electron chi connectivity index (χ4n) is 1.60. The van der Waals surface area contributed by atoms with Crippen LogP contribution in [0.4, 0.5) is 17.1 Å². The van der Waals surface area contributed by atoms with E-state index in [0.717, 1.165) is 11.4 Å². The molecule has 4 nitrogen and oxygen atoms in total. The summed E-state index contributed by atoms with van der Waals surface area (Å²) in [5, 5.41) is 10.5. The topological polar surface area (TPSA) is 46.4 Å². The lowest BCUT2D eigenvalue weighted by atomic mass is 10.2. The van der Waals surface area contributed by atoms with Crippen LogP contribution in [0.3, 0.4) is 0 Å². The van der Waals surface area contributed by atoms with Crippen molar-refractivity contribution in [2.24, 2.45) is 0 Å². The molecule has 2 aromatic carbocycles. The molecule has 2 aromatic rings. The van der Waals surface area contributed by atoms with Crippen molar-refractivity contribution in [1.82, 2.24) is 0 Å². The highest BCUT2D eigenvalue weighted by molar-refractivity contribution is 5.63. The third-order valence-electron chi connectivity index (χ3n) is 2.59. The van der Waals surface area contributed by atoms with E-state index in [9.17, 15) is 10.1 Å². The molecular weight excluding hydrogens is 240 g/mol. The minimum Gasteiger partial charge on any atom is -0.345 e. The molecule has 19 heavy (non-hydrogen) atoms. The maximum atomic E-state index is 10.5. The highest BCUT2D eigenvalue weighted by Gasteiger charge is 2.07. The van der Waals surface area contributed by atoms with Gasteiger partial charge in [0.2, 0.25) is 0 Å². The van der Waals surface area contributed by atoms with Crippen LogP contribution >= 0.6 is 0 Å². The first-order chi connectivity index (χ1) is 9.18. The Labute approximate surface area is 113 Å². The summed E-state index contributed by atoms with van der Waals surface area (Å²) in [5.74, 6) is 0. The molecule has 0 fully saturated rings. The lowest BCUT2D eigenvalue weighted by Crippen LogP contribution is -2.08. The summed E-state index contributed by atoms with van der Waals surface area (Å²) in [5.41, 5.74) is 2.07. The second-order valence-electron chi connectivity index (χ2n) is 3.67. The van der Waals surface area contributed by atoms with Crippen LogP contribution in [0.5, 0.6) is 0 Å². The van der Waals surface area contributed by atoms with E-state index < -0.39 is 4.92 Å². The largest absolute Gasteiger partial charge is 0.345 e. The molecule has 0 unspecified atom stereocenters. The molecule has 0 spiro atoms. The van der Waals surface area contributed by atoms with Crippen LogP contribution in [0, 0.1) is 10.1 Å². The second-order valence-corrected chi connectivity index (χ2v) is 3.67. The Balaban J connectivity index is 0.000000861. The third-order valence-corrected chi connectivity index (χ3v) is 2.59. The van der Waals surface area contributed by atoms with Crippen LogP contribution in [0.1, 0.15) is 13.8 Å². The molecule has 0 aliphatic heterocycles. The van der Waals surface area contributed by atoms with Gasteiger partial charge in [0.1, 0.15) is 0 Å². The van der Waals surface area contributed by atoms with Gasteiger partial charge in [-0.1, -0.05) is 32.0 Å². The SMILES string of the molecule is CC.CN(c1ccccc1)c1ccc([N+](=O)[O-])cc1. The summed E-state index contributed by atoms with van der Waals surface area (Å²) >= 11 is 0. The van der Waals surface area contributed by atoms with Gasteiger partial charge in [-0.15, -0.1) is 0 Å². The normalized spacial score (nSPS) is 9.21. The molecule has 0 radical (unpaired) electrons. The van der Waals surface area contributed by atoms with Gasteiger partial charge in [-0.05, 0) is 24.3 Å².